The molecule has 6 nitrogen and oxygen atoms in total. The Labute approximate surface area is 154 Å². The third-order valence-corrected chi connectivity index (χ3v) is 5.42. The summed E-state index contributed by atoms with van der Waals surface area (Å²) in [6.45, 7) is 2.08. The van der Waals surface area contributed by atoms with E-state index in [1.807, 2.05) is 24.4 Å². The highest BCUT2D eigenvalue weighted by Crippen LogP contribution is 2.42. The van der Waals surface area contributed by atoms with E-state index in [1.54, 1.807) is 24.3 Å². The topological polar surface area (TPSA) is 69.4 Å². The van der Waals surface area contributed by atoms with Gasteiger partial charge in [-0.3, -0.25) is 9.55 Å². The molecule has 1 aliphatic rings. The highest BCUT2D eigenvalue weighted by Gasteiger charge is 2.30. The molecule has 1 fully saturated rings. The van der Waals surface area contributed by atoms with Crippen LogP contribution in [0.5, 0.6) is 0 Å². The van der Waals surface area contributed by atoms with Gasteiger partial charge in [0.1, 0.15) is 11.4 Å². The highest BCUT2D eigenvalue weighted by molar-refractivity contribution is 7.99. The largest absolute Gasteiger partial charge is 0.299 e. The molecule has 0 spiro atoms. The minimum Gasteiger partial charge on any atom is -0.299 e. The summed E-state index contributed by atoms with van der Waals surface area (Å²) in [5.41, 5.74) is 3.12. The number of fused-ring (bicyclic) bond motifs is 1. The van der Waals surface area contributed by atoms with Gasteiger partial charge in [0.05, 0.1) is 5.52 Å². The van der Waals surface area contributed by atoms with Crippen molar-refractivity contribution < 1.29 is 0 Å². The lowest BCUT2D eigenvalue weighted by Gasteiger charge is -2.09. The molecule has 0 unspecified atom stereocenters. The Morgan fingerprint density at radius 3 is 2.85 bits per heavy atom. The number of rotatable bonds is 4. The van der Waals surface area contributed by atoms with Gasteiger partial charge in [0, 0.05) is 29.4 Å². The maximum Gasteiger partial charge on any atom is 0.198 e. The van der Waals surface area contributed by atoms with Crippen LogP contribution in [0.3, 0.4) is 0 Å². The molecule has 3 heterocycles. The molecule has 0 bridgehead atoms. The second-order valence-corrected chi connectivity index (χ2v) is 7.41. The van der Waals surface area contributed by atoms with Gasteiger partial charge in [-0.2, -0.15) is 0 Å². The van der Waals surface area contributed by atoms with Crippen molar-refractivity contribution in [2.24, 2.45) is 0 Å². The molecule has 26 heavy (non-hydrogen) atoms. The van der Waals surface area contributed by atoms with Crippen LogP contribution in [0.2, 0.25) is 0 Å². The SMILES string of the molecule is Cc1ccc2ncnc(Sc3nnc(-c4cccnc4)n3C3CC3)c2c1. The van der Waals surface area contributed by atoms with E-state index in [2.05, 4.69) is 48.8 Å². The fourth-order valence-corrected chi connectivity index (χ4v) is 3.98. The first-order valence-electron chi connectivity index (χ1n) is 8.54. The number of benzene rings is 1. The Morgan fingerprint density at radius 1 is 1.12 bits per heavy atom. The van der Waals surface area contributed by atoms with Gasteiger partial charge in [0.25, 0.3) is 0 Å². The lowest BCUT2D eigenvalue weighted by molar-refractivity contribution is 0.669. The second kappa shape index (κ2) is 6.17. The molecule has 0 N–H and O–H groups in total. The minimum atomic E-state index is 0.456. The summed E-state index contributed by atoms with van der Waals surface area (Å²) in [5.74, 6) is 0.873. The van der Waals surface area contributed by atoms with Gasteiger partial charge >= 0.3 is 0 Å². The first-order chi connectivity index (χ1) is 12.8. The minimum absolute atomic E-state index is 0.456. The Bertz CT molecular complexity index is 1090. The van der Waals surface area contributed by atoms with Crippen molar-refractivity contribution >= 4 is 22.7 Å². The third-order valence-electron chi connectivity index (χ3n) is 4.44. The summed E-state index contributed by atoms with van der Waals surface area (Å²) in [6, 6.07) is 10.6. The second-order valence-electron chi connectivity index (χ2n) is 6.45. The van der Waals surface area contributed by atoms with Crippen molar-refractivity contribution in [2.75, 3.05) is 0 Å². The van der Waals surface area contributed by atoms with Crippen molar-refractivity contribution in [3.05, 3.63) is 54.6 Å². The van der Waals surface area contributed by atoms with Crippen molar-refractivity contribution in [3.63, 3.8) is 0 Å². The predicted molar refractivity (Wildman–Crippen MR) is 99.9 cm³/mol. The lowest BCUT2D eigenvalue weighted by Crippen LogP contribution is -2.00. The smallest absolute Gasteiger partial charge is 0.198 e. The van der Waals surface area contributed by atoms with E-state index in [9.17, 15) is 0 Å². The molecule has 1 aromatic carbocycles. The van der Waals surface area contributed by atoms with Crippen molar-refractivity contribution in [2.45, 2.75) is 36.0 Å². The average Bonchev–Trinajstić information content (AvgIpc) is 3.43. The van der Waals surface area contributed by atoms with Crippen LogP contribution in [0.15, 0.2) is 59.2 Å². The number of hydrogen-bond donors (Lipinski definition) is 0. The van der Waals surface area contributed by atoms with Crippen LogP contribution in [-0.4, -0.2) is 29.7 Å². The van der Waals surface area contributed by atoms with E-state index >= 15 is 0 Å². The normalized spacial score (nSPS) is 14.0. The average molecular weight is 360 g/mol. The summed E-state index contributed by atoms with van der Waals surface area (Å²) in [7, 11) is 0. The zero-order valence-corrected chi connectivity index (χ0v) is 15.0. The zero-order valence-electron chi connectivity index (χ0n) is 14.2. The zero-order chi connectivity index (χ0) is 17.5. The molecule has 1 aliphatic carbocycles. The molecule has 3 aromatic heterocycles. The van der Waals surface area contributed by atoms with E-state index < -0.39 is 0 Å². The molecular weight excluding hydrogens is 344 g/mol. The van der Waals surface area contributed by atoms with Gasteiger partial charge < -0.3 is 0 Å². The monoisotopic (exact) mass is 360 g/mol. The fraction of sp³-hybridized carbons (Fsp3) is 0.211. The Hall–Kier alpha value is -2.80. The lowest BCUT2D eigenvalue weighted by atomic mass is 10.2. The van der Waals surface area contributed by atoms with E-state index in [0.29, 0.717) is 6.04 Å². The molecule has 0 radical (unpaired) electrons. The molecule has 1 saturated carbocycles. The molecular formula is C19H16N6S. The van der Waals surface area contributed by atoms with Crippen LogP contribution in [0.1, 0.15) is 24.4 Å². The summed E-state index contributed by atoms with van der Waals surface area (Å²) in [4.78, 5) is 13.1. The predicted octanol–water partition coefficient (Wildman–Crippen LogP) is 4.08. The van der Waals surface area contributed by atoms with Gasteiger partial charge in [0.2, 0.25) is 0 Å². The summed E-state index contributed by atoms with van der Waals surface area (Å²) in [5, 5.41) is 11.7. The highest BCUT2D eigenvalue weighted by atomic mass is 32.2. The first kappa shape index (κ1) is 15.5. The van der Waals surface area contributed by atoms with Crippen LogP contribution >= 0.6 is 11.8 Å². The quantitative estimate of drug-likeness (QED) is 0.511. The van der Waals surface area contributed by atoms with Crippen LogP contribution in [0.4, 0.5) is 0 Å². The fourth-order valence-electron chi connectivity index (χ4n) is 3.01. The van der Waals surface area contributed by atoms with Gasteiger partial charge in [-0.05, 0) is 55.8 Å². The van der Waals surface area contributed by atoms with Crippen molar-refractivity contribution in [1.82, 2.24) is 29.7 Å². The Morgan fingerprint density at radius 2 is 2.04 bits per heavy atom. The molecule has 4 aromatic rings. The molecule has 0 atom stereocenters. The Kier molecular flexibility index (Phi) is 3.67. The number of pyridine rings is 1. The standard InChI is InChI=1S/C19H16N6S/c1-12-4-7-16-15(9-12)18(22-11-21-16)26-19-24-23-17(25(19)14-5-6-14)13-3-2-8-20-10-13/h2-4,7-11,14H,5-6H2,1H3. The van der Waals surface area contributed by atoms with Gasteiger partial charge in [0.15, 0.2) is 11.0 Å². The van der Waals surface area contributed by atoms with Crippen LogP contribution < -0.4 is 0 Å². The van der Waals surface area contributed by atoms with Crippen LogP contribution in [-0.2, 0) is 0 Å². The number of hydrogen-bond acceptors (Lipinski definition) is 6. The van der Waals surface area contributed by atoms with E-state index in [1.165, 1.54) is 5.56 Å². The van der Waals surface area contributed by atoms with E-state index in [4.69, 9.17) is 0 Å². The molecule has 5 rings (SSSR count). The van der Waals surface area contributed by atoms with Gasteiger partial charge in [-0.25, -0.2) is 9.97 Å². The Balaban J connectivity index is 1.60. The van der Waals surface area contributed by atoms with Gasteiger partial charge in [-0.1, -0.05) is 11.6 Å². The number of aromatic nitrogens is 6. The van der Waals surface area contributed by atoms with E-state index in [-0.39, 0.29) is 0 Å². The van der Waals surface area contributed by atoms with E-state index in [0.717, 1.165) is 45.3 Å². The number of aryl methyl sites for hydroxylation is 1. The molecule has 0 aliphatic heterocycles. The molecule has 7 heteroatoms. The first-order valence-corrected chi connectivity index (χ1v) is 9.36. The van der Waals surface area contributed by atoms with Crippen LogP contribution in [0.25, 0.3) is 22.3 Å². The van der Waals surface area contributed by atoms with Crippen LogP contribution in [0, 0.1) is 6.92 Å². The maximum atomic E-state index is 4.50. The van der Waals surface area contributed by atoms with Crippen molar-refractivity contribution in [3.8, 4) is 11.4 Å². The molecule has 128 valence electrons. The van der Waals surface area contributed by atoms with Gasteiger partial charge in [-0.15, -0.1) is 10.2 Å². The summed E-state index contributed by atoms with van der Waals surface area (Å²) < 4.78 is 2.23. The molecule has 0 amide bonds. The summed E-state index contributed by atoms with van der Waals surface area (Å²) >= 11 is 1.55. The summed E-state index contributed by atoms with van der Waals surface area (Å²) in [6.07, 6.45) is 7.53. The maximum absolute atomic E-state index is 4.50. The van der Waals surface area contributed by atoms with Crippen molar-refractivity contribution in [1.29, 1.82) is 0 Å². The third kappa shape index (κ3) is 2.74. The molecule has 0 saturated heterocycles. The number of nitrogens with zero attached hydrogens (tertiary/aromatic N) is 6.